The van der Waals surface area contributed by atoms with Crippen molar-refractivity contribution in [2.75, 3.05) is 26.7 Å². The van der Waals surface area contributed by atoms with E-state index in [1.54, 1.807) is 4.90 Å². The van der Waals surface area contributed by atoms with Gasteiger partial charge in [-0.15, -0.1) is 0 Å². The second kappa shape index (κ2) is 5.01. The first-order valence-electron chi connectivity index (χ1n) is 5.64. The molecule has 1 aliphatic heterocycles. The van der Waals surface area contributed by atoms with E-state index in [0.717, 1.165) is 0 Å². The van der Waals surface area contributed by atoms with E-state index in [4.69, 9.17) is 4.74 Å². The molecule has 1 fully saturated rings. The standard InChI is InChI=1S/C11H22N2O3/c1-11(2,3)16-10(15)13-6-8(5-12-4)9(14)7-13/h8-9,12,14H,5-7H2,1-4H3/t8-,9+/m0/s1. The van der Waals surface area contributed by atoms with Crippen LogP contribution in [-0.2, 0) is 4.74 Å². The Hall–Kier alpha value is -0.810. The number of rotatable bonds is 2. The summed E-state index contributed by atoms with van der Waals surface area (Å²) < 4.78 is 5.25. The third-order valence-electron chi connectivity index (χ3n) is 2.52. The van der Waals surface area contributed by atoms with Crippen LogP contribution in [0.1, 0.15) is 20.8 Å². The summed E-state index contributed by atoms with van der Waals surface area (Å²) in [4.78, 5) is 13.3. The molecule has 0 aromatic rings. The summed E-state index contributed by atoms with van der Waals surface area (Å²) >= 11 is 0. The van der Waals surface area contributed by atoms with Crippen molar-refractivity contribution in [3.8, 4) is 0 Å². The summed E-state index contributed by atoms with van der Waals surface area (Å²) in [6.45, 7) is 7.13. The van der Waals surface area contributed by atoms with Crippen LogP contribution >= 0.6 is 0 Å². The highest BCUT2D eigenvalue weighted by atomic mass is 16.6. The van der Waals surface area contributed by atoms with E-state index in [0.29, 0.717) is 19.6 Å². The van der Waals surface area contributed by atoms with E-state index in [1.165, 1.54) is 0 Å². The Labute approximate surface area is 96.8 Å². The second-order valence-electron chi connectivity index (χ2n) is 5.27. The van der Waals surface area contributed by atoms with Crippen molar-refractivity contribution in [1.82, 2.24) is 10.2 Å². The molecule has 16 heavy (non-hydrogen) atoms. The average Bonchev–Trinajstić information content (AvgIpc) is 2.46. The maximum Gasteiger partial charge on any atom is 0.410 e. The fraction of sp³-hybridized carbons (Fsp3) is 0.909. The van der Waals surface area contributed by atoms with Gasteiger partial charge in [-0.3, -0.25) is 0 Å². The topological polar surface area (TPSA) is 61.8 Å². The van der Waals surface area contributed by atoms with Crippen LogP contribution in [0.2, 0.25) is 0 Å². The van der Waals surface area contributed by atoms with Crippen LogP contribution in [0.3, 0.4) is 0 Å². The molecule has 2 N–H and O–H groups in total. The Morgan fingerprint density at radius 1 is 1.50 bits per heavy atom. The number of ether oxygens (including phenoxy) is 1. The molecule has 5 nitrogen and oxygen atoms in total. The summed E-state index contributed by atoms with van der Waals surface area (Å²) in [6, 6.07) is 0. The smallest absolute Gasteiger partial charge is 0.410 e. The zero-order chi connectivity index (χ0) is 12.3. The first kappa shape index (κ1) is 13.3. The second-order valence-corrected chi connectivity index (χ2v) is 5.27. The van der Waals surface area contributed by atoms with Gasteiger partial charge < -0.3 is 20.1 Å². The Morgan fingerprint density at radius 3 is 2.62 bits per heavy atom. The number of hydrogen-bond donors (Lipinski definition) is 2. The number of aliphatic hydroxyl groups is 1. The van der Waals surface area contributed by atoms with Gasteiger partial charge in [-0.25, -0.2) is 4.79 Å². The molecule has 1 heterocycles. The van der Waals surface area contributed by atoms with Crippen molar-refractivity contribution in [2.45, 2.75) is 32.5 Å². The maximum atomic E-state index is 11.7. The molecule has 0 spiro atoms. The highest BCUT2D eigenvalue weighted by molar-refractivity contribution is 5.68. The van der Waals surface area contributed by atoms with E-state index >= 15 is 0 Å². The van der Waals surface area contributed by atoms with Crippen molar-refractivity contribution in [3.05, 3.63) is 0 Å². The number of aliphatic hydroxyl groups excluding tert-OH is 1. The Kier molecular flexibility index (Phi) is 4.15. The molecule has 0 saturated carbocycles. The highest BCUT2D eigenvalue weighted by Gasteiger charge is 2.35. The first-order chi connectivity index (χ1) is 7.33. The number of hydrogen-bond acceptors (Lipinski definition) is 4. The highest BCUT2D eigenvalue weighted by Crippen LogP contribution is 2.19. The zero-order valence-corrected chi connectivity index (χ0v) is 10.5. The maximum absolute atomic E-state index is 11.7. The lowest BCUT2D eigenvalue weighted by atomic mass is 10.1. The van der Waals surface area contributed by atoms with Crippen LogP contribution in [0, 0.1) is 5.92 Å². The van der Waals surface area contributed by atoms with Gasteiger partial charge in [-0.1, -0.05) is 0 Å². The van der Waals surface area contributed by atoms with Gasteiger partial charge in [-0.05, 0) is 27.8 Å². The first-order valence-corrected chi connectivity index (χ1v) is 5.64. The molecule has 0 aromatic heterocycles. The monoisotopic (exact) mass is 230 g/mol. The van der Waals surface area contributed by atoms with Crippen LogP contribution < -0.4 is 5.32 Å². The molecule has 0 aliphatic carbocycles. The number of nitrogens with zero attached hydrogens (tertiary/aromatic N) is 1. The Morgan fingerprint density at radius 2 is 2.12 bits per heavy atom. The van der Waals surface area contributed by atoms with Gasteiger partial charge in [0.25, 0.3) is 0 Å². The minimum absolute atomic E-state index is 0.0949. The largest absolute Gasteiger partial charge is 0.444 e. The molecule has 5 heteroatoms. The lowest BCUT2D eigenvalue weighted by molar-refractivity contribution is 0.0270. The average molecular weight is 230 g/mol. The van der Waals surface area contributed by atoms with Crippen molar-refractivity contribution in [2.24, 2.45) is 5.92 Å². The predicted octanol–water partition coefficient (Wildman–Crippen LogP) is 0.434. The quantitative estimate of drug-likeness (QED) is 0.722. The van der Waals surface area contributed by atoms with Crippen molar-refractivity contribution in [3.63, 3.8) is 0 Å². The summed E-state index contributed by atoms with van der Waals surface area (Å²) in [5.41, 5.74) is -0.483. The van der Waals surface area contributed by atoms with Gasteiger partial charge in [0.2, 0.25) is 0 Å². The SMILES string of the molecule is CNC[C@H]1CN(C(=O)OC(C)(C)C)C[C@H]1O. The van der Waals surface area contributed by atoms with Gasteiger partial charge in [0.1, 0.15) is 5.60 Å². The minimum atomic E-state index is -0.483. The molecule has 94 valence electrons. The van der Waals surface area contributed by atoms with Crippen LogP contribution in [0.5, 0.6) is 0 Å². The van der Waals surface area contributed by atoms with Crippen LogP contribution in [0.25, 0.3) is 0 Å². The fourth-order valence-electron chi connectivity index (χ4n) is 1.79. The number of carbonyl (C=O) groups excluding carboxylic acids is 1. The number of likely N-dealkylation sites (tertiary alicyclic amines) is 1. The summed E-state index contributed by atoms with van der Waals surface area (Å²) in [7, 11) is 1.84. The van der Waals surface area contributed by atoms with Gasteiger partial charge in [0, 0.05) is 19.0 Å². The molecule has 1 saturated heterocycles. The summed E-state index contributed by atoms with van der Waals surface area (Å²) in [5, 5.41) is 12.8. The molecule has 2 atom stereocenters. The normalized spacial score (nSPS) is 25.9. The molecule has 1 aliphatic rings. The predicted molar refractivity (Wildman–Crippen MR) is 61.2 cm³/mol. The molecule has 0 unspecified atom stereocenters. The van der Waals surface area contributed by atoms with E-state index in [-0.39, 0.29) is 12.0 Å². The van der Waals surface area contributed by atoms with Crippen LogP contribution in [0.4, 0.5) is 4.79 Å². The van der Waals surface area contributed by atoms with Crippen molar-refractivity contribution < 1.29 is 14.6 Å². The van der Waals surface area contributed by atoms with Gasteiger partial charge >= 0.3 is 6.09 Å². The van der Waals surface area contributed by atoms with E-state index < -0.39 is 11.7 Å². The number of carbonyl (C=O) groups is 1. The van der Waals surface area contributed by atoms with Crippen LogP contribution in [-0.4, -0.2) is 54.5 Å². The van der Waals surface area contributed by atoms with Crippen molar-refractivity contribution in [1.29, 1.82) is 0 Å². The third kappa shape index (κ3) is 3.64. The number of amides is 1. The molecule has 0 radical (unpaired) electrons. The molecular formula is C11H22N2O3. The lowest BCUT2D eigenvalue weighted by Crippen LogP contribution is -2.36. The van der Waals surface area contributed by atoms with Gasteiger partial charge in [-0.2, -0.15) is 0 Å². The molecule has 1 rings (SSSR count). The van der Waals surface area contributed by atoms with E-state index in [9.17, 15) is 9.90 Å². The van der Waals surface area contributed by atoms with E-state index in [2.05, 4.69) is 5.32 Å². The summed E-state index contributed by atoms with van der Waals surface area (Å²) in [6.07, 6.45) is -0.801. The van der Waals surface area contributed by atoms with Gasteiger partial charge in [0.05, 0.1) is 12.6 Å². The molecule has 0 bridgehead atoms. The Balaban J connectivity index is 2.48. The third-order valence-corrected chi connectivity index (χ3v) is 2.52. The molecule has 1 amide bonds. The zero-order valence-electron chi connectivity index (χ0n) is 10.5. The van der Waals surface area contributed by atoms with Crippen molar-refractivity contribution >= 4 is 6.09 Å². The lowest BCUT2D eigenvalue weighted by Gasteiger charge is -2.24. The van der Waals surface area contributed by atoms with E-state index in [1.807, 2.05) is 27.8 Å². The molecular weight excluding hydrogens is 208 g/mol. The number of nitrogens with one attached hydrogen (secondary N) is 1. The molecule has 0 aromatic carbocycles. The Bertz CT molecular complexity index is 250. The summed E-state index contributed by atoms with van der Waals surface area (Å²) in [5.74, 6) is 0.0949. The van der Waals surface area contributed by atoms with Crippen LogP contribution in [0.15, 0.2) is 0 Å². The van der Waals surface area contributed by atoms with Gasteiger partial charge in [0.15, 0.2) is 0 Å². The number of β-amino-alcohol motifs (C(OH)–C–C–N with tert-alkyl or cyclic N) is 1. The minimum Gasteiger partial charge on any atom is -0.444 e. The fourth-order valence-corrected chi connectivity index (χ4v) is 1.79.